The predicted octanol–water partition coefficient (Wildman–Crippen LogP) is -3.10. The van der Waals surface area contributed by atoms with Crippen molar-refractivity contribution in [2.24, 2.45) is 11.7 Å². The van der Waals surface area contributed by atoms with E-state index in [0.717, 1.165) is 0 Å². The summed E-state index contributed by atoms with van der Waals surface area (Å²) in [5, 5.41) is 34.0. The number of aliphatic hydroxyl groups excluding tert-OH is 2. The van der Waals surface area contributed by atoms with Crippen molar-refractivity contribution in [2.45, 2.75) is 51.4 Å². The van der Waals surface area contributed by atoms with E-state index in [0.29, 0.717) is 0 Å². The van der Waals surface area contributed by atoms with Gasteiger partial charge in [0.15, 0.2) is 0 Å². The van der Waals surface area contributed by atoms with Gasteiger partial charge in [0.25, 0.3) is 0 Å². The van der Waals surface area contributed by atoms with E-state index in [4.69, 9.17) is 15.9 Å². The first kappa shape index (κ1) is 23.8. The highest BCUT2D eigenvalue weighted by molar-refractivity contribution is 5.94. The zero-order valence-electron chi connectivity index (χ0n) is 15.1. The predicted molar refractivity (Wildman–Crippen MR) is 90.7 cm³/mol. The number of nitrogens with two attached hydrogens (primary N) is 1. The van der Waals surface area contributed by atoms with Gasteiger partial charge in [-0.15, -0.1) is 0 Å². The second kappa shape index (κ2) is 11.4. The van der Waals surface area contributed by atoms with E-state index in [2.05, 4.69) is 16.0 Å². The molecule has 8 N–H and O–H groups in total. The smallest absolute Gasteiger partial charge is 0.322 e. The topological polar surface area (TPSA) is 191 Å². The SMILES string of the molecule is CC(C)CC(NC(=O)C(NC(=O)C(N)CO)C(C)O)C(=O)NCC(=O)O. The maximum Gasteiger partial charge on any atom is 0.322 e. The standard InChI is InChI=1S/C15H28N4O7/c1-7(2)4-10(14(25)17-5-11(22)23)18-15(26)12(8(3)21)19-13(24)9(16)6-20/h7-10,12,20-21H,4-6,16H2,1-3H3,(H,17,25)(H,18,26)(H,19,24)(H,22,23). The lowest BCUT2D eigenvalue weighted by atomic mass is 10.0. The van der Waals surface area contributed by atoms with Crippen molar-refractivity contribution < 1.29 is 34.5 Å². The minimum Gasteiger partial charge on any atom is -0.480 e. The number of amides is 3. The molecule has 11 nitrogen and oxygen atoms in total. The Kier molecular flexibility index (Phi) is 10.4. The summed E-state index contributed by atoms with van der Waals surface area (Å²) in [6.07, 6.45) is -1.08. The zero-order valence-corrected chi connectivity index (χ0v) is 15.1. The minimum absolute atomic E-state index is 0.00159. The summed E-state index contributed by atoms with van der Waals surface area (Å²) >= 11 is 0. The van der Waals surface area contributed by atoms with Gasteiger partial charge < -0.3 is 37.0 Å². The van der Waals surface area contributed by atoms with E-state index in [1.165, 1.54) is 6.92 Å². The average molecular weight is 376 g/mol. The van der Waals surface area contributed by atoms with E-state index in [-0.39, 0.29) is 12.3 Å². The van der Waals surface area contributed by atoms with Crippen molar-refractivity contribution in [3.05, 3.63) is 0 Å². The number of carbonyl (C=O) groups is 4. The molecule has 0 aliphatic carbocycles. The molecule has 150 valence electrons. The van der Waals surface area contributed by atoms with Crippen LogP contribution in [0.3, 0.4) is 0 Å². The van der Waals surface area contributed by atoms with Crippen molar-refractivity contribution in [1.82, 2.24) is 16.0 Å². The molecule has 0 fully saturated rings. The Labute approximate surface area is 151 Å². The Morgan fingerprint density at radius 2 is 1.58 bits per heavy atom. The van der Waals surface area contributed by atoms with Crippen LogP contribution in [0.2, 0.25) is 0 Å². The van der Waals surface area contributed by atoms with Gasteiger partial charge in [-0.3, -0.25) is 19.2 Å². The van der Waals surface area contributed by atoms with Crippen molar-refractivity contribution in [3.8, 4) is 0 Å². The number of hydrogen-bond donors (Lipinski definition) is 7. The summed E-state index contributed by atoms with van der Waals surface area (Å²) < 4.78 is 0. The highest BCUT2D eigenvalue weighted by atomic mass is 16.4. The highest BCUT2D eigenvalue weighted by Crippen LogP contribution is 2.06. The van der Waals surface area contributed by atoms with Crippen LogP contribution in [0.25, 0.3) is 0 Å². The maximum atomic E-state index is 12.4. The van der Waals surface area contributed by atoms with E-state index in [1.807, 2.05) is 0 Å². The van der Waals surface area contributed by atoms with Crippen LogP contribution in [0.5, 0.6) is 0 Å². The largest absolute Gasteiger partial charge is 0.480 e. The highest BCUT2D eigenvalue weighted by Gasteiger charge is 2.31. The van der Waals surface area contributed by atoms with E-state index in [1.54, 1.807) is 13.8 Å². The molecule has 0 spiro atoms. The quantitative estimate of drug-likeness (QED) is 0.197. The molecule has 0 saturated heterocycles. The molecule has 0 heterocycles. The molecule has 0 aromatic heterocycles. The number of aliphatic carboxylic acids is 1. The fourth-order valence-electron chi connectivity index (χ4n) is 2.00. The lowest BCUT2D eigenvalue weighted by Crippen LogP contribution is -2.59. The number of nitrogens with one attached hydrogen (secondary N) is 3. The molecule has 4 unspecified atom stereocenters. The van der Waals surface area contributed by atoms with Gasteiger partial charge in [-0.25, -0.2) is 0 Å². The molecule has 0 saturated carbocycles. The van der Waals surface area contributed by atoms with Crippen LogP contribution in [0.1, 0.15) is 27.2 Å². The molecular weight excluding hydrogens is 348 g/mol. The molecule has 4 atom stereocenters. The van der Waals surface area contributed by atoms with Gasteiger partial charge in [-0.05, 0) is 19.3 Å². The molecular formula is C15H28N4O7. The molecule has 0 radical (unpaired) electrons. The first-order chi connectivity index (χ1) is 12.0. The van der Waals surface area contributed by atoms with Crippen LogP contribution in [-0.4, -0.2) is 76.4 Å². The van der Waals surface area contributed by atoms with Crippen molar-refractivity contribution in [1.29, 1.82) is 0 Å². The molecule has 11 heteroatoms. The third kappa shape index (κ3) is 8.74. The fraction of sp³-hybridized carbons (Fsp3) is 0.733. The van der Waals surface area contributed by atoms with Gasteiger partial charge >= 0.3 is 5.97 Å². The second-order valence-corrected chi connectivity index (χ2v) is 6.32. The van der Waals surface area contributed by atoms with Crippen LogP contribution in [0.15, 0.2) is 0 Å². The third-order valence-corrected chi connectivity index (χ3v) is 3.35. The summed E-state index contributed by atoms with van der Waals surface area (Å²) in [5.41, 5.74) is 5.35. The Morgan fingerprint density at radius 3 is 2.00 bits per heavy atom. The first-order valence-electron chi connectivity index (χ1n) is 8.14. The van der Waals surface area contributed by atoms with Gasteiger partial charge in [-0.2, -0.15) is 0 Å². The molecule has 0 bridgehead atoms. The lowest BCUT2D eigenvalue weighted by molar-refractivity contribution is -0.139. The Morgan fingerprint density at radius 1 is 1.00 bits per heavy atom. The molecule has 3 amide bonds. The zero-order chi connectivity index (χ0) is 20.4. The van der Waals surface area contributed by atoms with Gasteiger partial charge in [0.1, 0.15) is 24.7 Å². The van der Waals surface area contributed by atoms with Gasteiger partial charge in [0, 0.05) is 0 Å². The summed E-state index contributed by atoms with van der Waals surface area (Å²) in [6, 6.07) is -3.72. The van der Waals surface area contributed by atoms with E-state index < -0.39 is 61.1 Å². The molecule has 0 aromatic rings. The monoisotopic (exact) mass is 376 g/mol. The number of carboxylic acid groups (broad SMARTS) is 1. The molecule has 0 rings (SSSR count). The second-order valence-electron chi connectivity index (χ2n) is 6.32. The molecule has 0 aliphatic heterocycles. The van der Waals surface area contributed by atoms with Crippen LogP contribution in [-0.2, 0) is 19.2 Å². The number of hydrogen-bond acceptors (Lipinski definition) is 7. The summed E-state index contributed by atoms with van der Waals surface area (Å²) in [7, 11) is 0. The van der Waals surface area contributed by atoms with Crippen LogP contribution >= 0.6 is 0 Å². The average Bonchev–Trinajstić information content (AvgIpc) is 2.54. The van der Waals surface area contributed by atoms with Crippen LogP contribution in [0, 0.1) is 5.92 Å². The number of carboxylic acids is 1. The summed E-state index contributed by atoms with van der Waals surface area (Å²) in [5.74, 6) is -3.62. The first-order valence-corrected chi connectivity index (χ1v) is 8.14. The normalized spacial score (nSPS) is 15.5. The summed E-state index contributed by atoms with van der Waals surface area (Å²) in [6.45, 7) is 3.62. The van der Waals surface area contributed by atoms with Crippen molar-refractivity contribution >= 4 is 23.7 Å². The number of aliphatic hydroxyl groups is 2. The van der Waals surface area contributed by atoms with Gasteiger partial charge in [0.05, 0.1) is 12.7 Å². The van der Waals surface area contributed by atoms with Crippen molar-refractivity contribution in [2.75, 3.05) is 13.2 Å². The fourth-order valence-corrected chi connectivity index (χ4v) is 2.00. The van der Waals surface area contributed by atoms with Crippen LogP contribution < -0.4 is 21.7 Å². The number of carbonyl (C=O) groups excluding carboxylic acids is 3. The third-order valence-electron chi connectivity index (χ3n) is 3.35. The lowest BCUT2D eigenvalue weighted by Gasteiger charge is -2.26. The molecule has 0 aromatic carbocycles. The van der Waals surface area contributed by atoms with Crippen molar-refractivity contribution in [3.63, 3.8) is 0 Å². The van der Waals surface area contributed by atoms with E-state index >= 15 is 0 Å². The van der Waals surface area contributed by atoms with Crippen LogP contribution in [0.4, 0.5) is 0 Å². The number of rotatable bonds is 11. The van der Waals surface area contributed by atoms with Gasteiger partial charge in [0.2, 0.25) is 17.7 Å². The molecule has 0 aliphatic rings. The Balaban J connectivity index is 5.12. The molecule has 26 heavy (non-hydrogen) atoms. The maximum absolute atomic E-state index is 12.4. The Bertz CT molecular complexity index is 510. The van der Waals surface area contributed by atoms with E-state index in [9.17, 15) is 24.3 Å². The Hall–Kier alpha value is -2.24. The minimum atomic E-state index is -1.40. The van der Waals surface area contributed by atoms with Gasteiger partial charge in [-0.1, -0.05) is 13.8 Å². The summed E-state index contributed by atoms with van der Waals surface area (Å²) in [4.78, 5) is 46.8.